The molecule has 0 spiro atoms. The second-order valence-corrected chi connectivity index (χ2v) is 5.73. The molecular weight excluding hydrogens is 294 g/mol. The van der Waals surface area contributed by atoms with E-state index in [0.29, 0.717) is 12.0 Å². The Labute approximate surface area is 131 Å². The van der Waals surface area contributed by atoms with Crippen molar-refractivity contribution in [2.24, 2.45) is 0 Å². The van der Waals surface area contributed by atoms with Crippen molar-refractivity contribution in [1.29, 1.82) is 0 Å². The summed E-state index contributed by atoms with van der Waals surface area (Å²) in [5.74, 6) is -1.39. The van der Waals surface area contributed by atoms with Gasteiger partial charge >= 0.3 is 5.70 Å². The van der Waals surface area contributed by atoms with Crippen molar-refractivity contribution in [2.75, 3.05) is 0 Å². The van der Waals surface area contributed by atoms with E-state index in [2.05, 4.69) is 0 Å². The standard InChI is InChI=1S/C18H11NO4/c20-16-9-15(19(22)23)17(21)8-14(16)13-7-11-5-1-3-10-4-2-6-12(13)18(10)11/h1-6,8-9,13H,7H2. The van der Waals surface area contributed by atoms with E-state index in [1.54, 1.807) is 0 Å². The molecule has 0 aromatic heterocycles. The fourth-order valence-corrected chi connectivity index (χ4v) is 3.50. The summed E-state index contributed by atoms with van der Waals surface area (Å²) >= 11 is 0. The van der Waals surface area contributed by atoms with Gasteiger partial charge in [0.1, 0.15) is 0 Å². The minimum atomic E-state index is -0.808. The third kappa shape index (κ3) is 1.93. The summed E-state index contributed by atoms with van der Waals surface area (Å²) in [6.07, 6.45) is 2.61. The molecule has 23 heavy (non-hydrogen) atoms. The molecule has 0 radical (unpaired) electrons. The van der Waals surface area contributed by atoms with Crippen molar-refractivity contribution in [2.45, 2.75) is 12.3 Å². The minimum Gasteiger partial charge on any atom is -0.289 e. The van der Waals surface area contributed by atoms with Gasteiger partial charge in [-0.3, -0.25) is 19.7 Å². The molecule has 0 heterocycles. The van der Waals surface area contributed by atoms with Gasteiger partial charge in [0.2, 0.25) is 0 Å². The summed E-state index contributed by atoms with van der Waals surface area (Å²) in [6.45, 7) is 0. The molecule has 1 atom stereocenters. The smallest absolute Gasteiger partial charge is 0.289 e. The van der Waals surface area contributed by atoms with E-state index < -0.39 is 22.2 Å². The number of allylic oxidation sites excluding steroid dienone is 3. The van der Waals surface area contributed by atoms with Crippen LogP contribution in [0.5, 0.6) is 0 Å². The Balaban J connectivity index is 1.82. The normalized spacial score (nSPS) is 19.7. The predicted octanol–water partition coefficient (Wildman–Crippen LogP) is 2.72. The number of hydrogen-bond donors (Lipinski definition) is 0. The van der Waals surface area contributed by atoms with Crippen molar-refractivity contribution in [3.8, 4) is 0 Å². The van der Waals surface area contributed by atoms with E-state index in [4.69, 9.17) is 0 Å². The van der Waals surface area contributed by atoms with E-state index in [0.717, 1.165) is 34.1 Å². The molecule has 0 fully saturated rings. The van der Waals surface area contributed by atoms with Crippen LogP contribution in [0.3, 0.4) is 0 Å². The lowest BCUT2D eigenvalue weighted by molar-refractivity contribution is -0.418. The highest BCUT2D eigenvalue weighted by Crippen LogP contribution is 2.42. The number of nitrogens with zero attached hydrogens (tertiary/aromatic N) is 1. The van der Waals surface area contributed by atoms with Crippen LogP contribution < -0.4 is 0 Å². The topological polar surface area (TPSA) is 77.3 Å². The lowest BCUT2D eigenvalue weighted by Crippen LogP contribution is -2.21. The number of carbonyl (C=O) groups excluding carboxylic acids is 2. The first-order chi connectivity index (χ1) is 11.1. The Kier molecular flexibility index (Phi) is 2.78. The van der Waals surface area contributed by atoms with E-state index in [1.165, 1.54) is 0 Å². The zero-order valence-electron chi connectivity index (χ0n) is 12.0. The van der Waals surface area contributed by atoms with Crippen molar-refractivity contribution >= 4 is 22.3 Å². The van der Waals surface area contributed by atoms with Crippen LogP contribution in [0.4, 0.5) is 0 Å². The second kappa shape index (κ2) is 4.71. The molecule has 0 saturated carbocycles. The van der Waals surface area contributed by atoms with Gasteiger partial charge in [0.05, 0.1) is 11.0 Å². The molecule has 0 bridgehead atoms. The average Bonchev–Trinajstić information content (AvgIpc) is 2.90. The van der Waals surface area contributed by atoms with Gasteiger partial charge in [-0.2, -0.15) is 0 Å². The fourth-order valence-electron chi connectivity index (χ4n) is 3.50. The van der Waals surface area contributed by atoms with E-state index in [-0.39, 0.29) is 5.92 Å². The number of nitro groups is 1. The highest BCUT2D eigenvalue weighted by molar-refractivity contribution is 6.19. The lowest BCUT2D eigenvalue weighted by atomic mass is 9.85. The molecule has 2 aliphatic carbocycles. The molecule has 2 aromatic carbocycles. The van der Waals surface area contributed by atoms with Crippen molar-refractivity contribution in [3.05, 3.63) is 81.1 Å². The predicted molar refractivity (Wildman–Crippen MR) is 83.6 cm³/mol. The summed E-state index contributed by atoms with van der Waals surface area (Å²) in [4.78, 5) is 34.2. The Morgan fingerprint density at radius 2 is 1.74 bits per heavy atom. The third-order valence-corrected chi connectivity index (χ3v) is 4.49. The molecule has 0 amide bonds. The molecule has 112 valence electrons. The van der Waals surface area contributed by atoms with Gasteiger partial charge < -0.3 is 0 Å². The first kappa shape index (κ1) is 13.6. The number of benzene rings is 2. The first-order valence-electron chi connectivity index (χ1n) is 7.23. The van der Waals surface area contributed by atoms with Gasteiger partial charge in [-0.25, -0.2) is 0 Å². The number of rotatable bonds is 2. The zero-order valence-corrected chi connectivity index (χ0v) is 12.0. The molecule has 5 heteroatoms. The van der Waals surface area contributed by atoms with Gasteiger partial charge in [0.25, 0.3) is 5.78 Å². The van der Waals surface area contributed by atoms with Crippen molar-refractivity contribution in [1.82, 2.24) is 0 Å². The molecule has 1 unspecified atom stereocenters. The average molecular weight is 305 g/mol. The monoisotopic (exact) mass is 305 g/mol. The van der Waals surface area contributed by atoms with Crippen LogP contribution in [0, 0.1) is 10.1 Å². The van der Waals surface area contributed by atoms with Gasteiger partial charge in [-0.15, -0.1) is 0 Å². The maximum atomic E-state index is 12.3. The molecule has 2 aliphatic rings. The van der Waals surface area contributed by atoms with Crippen LogP contribution in [0.1, 0.15) is 17.0 Å². The Morgan fingerprint density at radius 3 is 2.48 bits per heavy atom. The van der Waals surface area contributed by atoms with Crippen LogP contribution >= 0.6 is 0 Å². The third-order valence-electron chi connectivity index (χ3n) is 4.49. The quantitative estimate of drug-likeness (QED) is 0.485. The van der Waals surface area contributed by atoms with Crippen LogP contribution in [-0.4, -0.2) is 16.5 Å². The summed E-state index contributed by atoms with van der Waals surface area (Å²) in [6, 6.07) is 11.9. The molecule has 0 aliphatic heterocycles. The van der Waals surface area contributed by atoms with Crippen molar-refractivity contribution < 1.29 is 14.5 Å². The van der Waals surface area contributed by atoms with Crippen LogP contribution in [0.2, 0.25) is 0 Å². The summed E-state index contributed by atoms with van der Waals surface area (Å²) < 4.78 is 0. The van der Waals surface area contributed by atoms with Crippen LogP contribution in [-0.2, 0) is 16.0 Å². The fraction of sp³-hybridized carbons (Fsp3) is 0.111. The molecule has 0 N–H and O–H groups in total. The first-order valence-corrected chi connectivity index (χ1v) is 7.23. The molecule has 4 rings (SSSR count). The zero-order chi connectivity index (χ0) is 16.1. The Morgan fingerprint density at radius 1 is 1.00 bits per heavy atom. The van der Waals surface area contributed by atoms with E-state index >= 15 is 0 Å². The number of ketones is 2. The SMILES string of the molecule is O=C1C=C([N+](=O)[O-])C(=O)C=C1C1Cc2cccc3cccc1c23. The van der Waals surface area contributed by atoms with Gasteiger partial charge in [-0.05, 0) is 28.3 Å². The van der Waals surface area contributed by atoms with Crippen LogP contribution in [0.25, 0.3) is 10.8 Å². The largest absolute Gasteiger partial charge is 0.320 e. The minimum absolute atomic E-state index is 0.225. The Hall–Kier alpha value is -3.08. The van der Waals surface area contributed by atoms with E-state index in [9.17, 15) is 19.7 Å². The molecule has 2 aromatic rings. The molecular formula is C18H11NO4. The maximum Gasteiger partial charge on any atom is 0.320 e. The van der Waals surface area contributed by atoms with E-state index in [1.807, 2.05) is 36.4 Å². The van der Waals surface area contributed by atoms with Crippen molar-refractivity contribution in [3.63, 3.8) is 0 Å². The summed E-state index contributed by atoms with van der Waals surface area (Å²) in [5, 5.41) is 13.0. The number of carbonyl (C=O) groups is 2. The van der Waals surface area contributed by atoms with Gasteiger partial charge in [0.15, 0.2) is 5.78 Å². The summed E-state index contributed by atoms with van der Waals surface area (Å²) in [7, 11) is 0. The lowest BCUT2D eigenvalue weighted by Gasteiger charge is -2.16. The highest BCUT2D eigenvalue weighted by atomic mass is 16.6. The second-order valence-electron chi connectivity index (χ2n) is 5.73. The van der Waals surface area contributed by atoms with Gasteiger partial charge in [0, 0.05) is 17.6 Å². The summed E-state index contributed by atoms with van der Waals surface area (Å²) in [5.41, 5.74) is 1.81. The Bertz CT molecular complexity index is 963. The maximum absolute atomic E-state index is 12.3. The van der Waals surface area contributed by atoms with Crippen LogP contribution in [0.15, 0.2) is 59.8 Å². The number of hydrogen-bond acceptors (Lipinski definition) is 4. The molecule has 5 nitrogen and oxygen atoms in total. The highest BCUT2D eigenvalue weighted by Gasteiger charge is 2.35. The van der Waals surface area contributed by atoms with Gasteiger partial charge in [-0.1, -0.05) is 36.4 Å². The molecule has 0 saturated heterocycles.